The summed E-state index contributed by atoms with van der Waals surface area (Å²) in [6.07, 6.45) is 1.94. The Morgan fingerprint density at radius 3 is 2.58 bits per heavy atom. The first kappa shape index (κ1) is 17.8. The van der Waals surface area contributed by atoms with Gasteiger partial charge in [0, 0.05) is 36.8 Å². The number of halogens is 2. The Balaban J connectivity index is 1.77. The van der Waals surface area contributed by atoms with Gasteiger partial charge in [-0.05, 0) is 43.2 Å². The molecule has 2 aromatic carbocycles. The van der Waals surface area contributed by atoms with Crippen molar-refractivity contribution in [3.63, 3.8) is 0 Å². The molecule has 1 amide bonds. The summed E-state index contributed by atoms with van der Waals surface area (Å²) >= 11 is 0. The van der Waals surface area contributed by atoms with Gasteiger partial charge in [0.2, 0.25) is 0 Å². The Hall–Kier alpha value is -3.03. The lowest BCUT2D eigenvalue weighted by molar-refractivity contribution is -0.384. The summed E-state index contributed by atoms with van der Waals surface area (Å²) in [5, 5.41) is 13.8. The number of nitro groups is 1. The zero-order chi connectivity index (χ0) is 18.7. The van der Waals surface area contributed by atoms with E-state index in [2.05, 4.69) is 5.32 Å². The fraction of sp³-hybridized carbons (Fsp3) is 0.278. The van der Waals surface area contributed by atoms with E-state index in [4.69, 9.17) is 0 Å². The Morgan fingerprint density at radius 1 is 1.15 bits per heavy atom. The molecule has 1 fully saturated rings. The highest BCUT2D eigenvalue weighted by molar-refractivity contribution is 5.95. The molecule has 1 heterocycles. The molecule has 0 unspecified atom stereocenters. The predicted octanol–water partition coefficient (Wildman–Crippen LogP) is 3.40. The standard InChI is InChI=1S/C18H17F2N3O3/c19-14-4-5-15(20)13(9-14)11-21-18(24)12-3-6-16(17(10-12)23(25)26)22-7-1-2-8-22/h3-6,9-10H,1-2,7-8,11H2,(H,21,24). The van der Waals surface area contributed by atoms with E-state index in [1.54, 1.807) is 6.07 Å². The molecule has 0 aliphatic carbocycles. The summed E-state index contributed by atoms with van der Waals surface area (Å²) in [6, 6.07) is 7.23. The van der Waals surface area contributed by atoms with Gasteiger partial charge in [-0.1, -0.05) is 0 Å². The van der Waals surface area contributed by atoms with Crippen molar-refractivity contribution in [1.29, 1.82) is 0 Å². The molecule has 1 aliphatic heterocycles. The van der Waals surface area contributed by atoms with Crippen molar-refractivity contribution in [2.45, 2.75) is 19.4 Å². The van der Waals surface area contributed by atoms with Crippen molar-refractivity contribution in [2.75, 3.05) is 18.0 Å². The summed E-state index contributed by atoms with van der Waals surface area (Å²) in [4.78, 5) is 25.0. The van der Waals surface area contributed by atoms with Gasteiger partial charge in [0.25, 0.3) is 11.6 Å². The van der Waals surface area contributed by atoms with Crippen molar-refractivity contribution in [2.24, 2.45) is 0 Å². The van der Waals surface area contributed by atoms with E-state index in [1.807, 2.05) is 4.90 Å². The average Bonchev–Trinajstić information content (AvgIpc) is 3.16. The summed E-state index contributed by atoms with van der Waals surface area (Å²) in [7, 11) is 0. The van der Waals surface area contributed by atoms with E-state index in [9.17, 15) is 23.7 Å². The van der Waals surface area contributed by atoms with Crippen LogP contribution in [0.4, 0.5) is 20.2 Å². The summed E-state index contributed by atoms with van der Waals surface area (Å²) in [6.45, 7) is 1.26. The maximum Gasteiger partial charge on any atom is 0.293 e. The molecule has 26 heavy (non-hydrogen) atoms. The second-order valence-corrected chi connectivity index (χ2v) is 6.07. The van der Waals surface area contributed by atoms with Crippen LogP contribution < -0.4 is 10.2 Å². The summed E-state index contributed by atoms with van der Waals surface area (Å²) < 4.78 is 26.8. The smallest absolute Gasteiger partial charge is 0.293 e. The molecule has 0 radical (unpaired) electrons. The van der Waals surface area contributed by atoms with Crippen LogP contribution in [0.3, 0.4) is 0 Å². The highest BCUT2D eigenvalue weighted by Gasteiger charge is 2.23. The average molecular weight is 361 g/mol. The number of carbonyl (C=O) groups is 1. The second kappa shape index (κ2) is 7.47. The fourth-order valence-electron chi connectivity index (χ4n) is 2.99. The van der Waals surface area contributed by atoms with Crippen LogP contribution >= 0.6 is 0 Å². The monoisotopic (exact) mass is 361 g/mol. The third-order valence-electron chi connectivity index (χ3n) is 4.33. The van der Waals surface area contributed by atoms with E-state index >= 15 is 0 Å². The number of amides is 1. The number of rotatable bonds is 5. The number of nitro benzene ring substituents is 1. The molecule has 0 atom stereocenters. The topological polar surface area (TPSA) is 75.5 Å². The second-order valence-electron chi connectivity index (χ2n) is 6.07. The van der Waals surface area contributed by atoms with Crippen molar-refractivity contribution in [3.05, 3.63) is 69.3 Å². The van der Waals surface area contributed by atoms with Gasteiger partial charge in [0.15, 0.2) is 0 Å². The minimum atomic E-state index is -0.637. The largest absolute Gasteiger partial charge is 0.366 e. The lowest BCUT2D eigenvalue weighted by Gasteiger charge is -2.17. The number of anilines is 1. The molecule has 3 rings (SSSR count). The van der Waals surface area contributed by atoms with Crippen LogP contribution in [0.2, 0.25) is 0 Å². The number of hydrogen-bond acceptors (Lipinski definition) is 4. The first-order valence-electron chi connectivity index (χ1n) is 8.21. The quantitative estimate of drug-likeness (QED) is 0.654. The van der Waals surface area contributed by atoms with Gasteiger partial charge in [-0.25, -0.2) is 8.78 Å². The van der Waals surface area contributed by atoms with Gasteiger partial charge in [0.05, 0.1) is 4.92 Å². The van der Waals surface area contributed by atoms with E-state index in [-0.39, 0.29) is 23.4 Å². The van der Waals surface area contributed by atoms with Gasteiger partial charge in [-0.3, -0.25) is 14.9 Å². The zero-order valence-corrected chi connectivity index (χ0v) is 13.9. The maximum absolute atomic E-state index is 13.6. The first-order valence-corrected chi connectivity index (χ1v) is 8.21. The van der Waals surface area contributed by atoms with Crippen molar-refractivity contribution in [1.82, 2.24) is 5.32 Å². The molecule has 0 bridgehead atoms. The molecule has 8 heteroatoms. The molecule has 0 aromatic heterocycles. The van der Waals surface area contributed by atoms with Crippen LogP contribution in [0.1, 0.15) is 28.8 Å². The highest BCUT2D eigenvalue weighted by atomic mass is 19.1. The molecule has 1 saturated heterocycles. The van der Waals surface area contributed by atoms with Crippen LogP contribution in [0.25, 0.3) is 0 Å². The van der Waals surface area contributed by atoms with Crippen LogP contribution in [-0.4, -0.2) is 23.9 Å². The Morgan fingerprint density at radius 2 is 1.88 bits per heavy atom. The molecule has 1 aliphatic rings. The van der Waals surface area contributed by atoms with Gasteiger partial charge >= 0.3 is 0 Å². The highest BCUT2D eigenvalue weighted by Crippen LogP contribution is 2.31. The molecule has 6 nitrogen and oxygen atoms in total. The molecular formula is C18H17F2N3O3. The third-order valence-corrected chi connectivity index (χ3v) is 4.33. The molecule has 0 spiro atoms. The normalized spacial score (nSPS) is 13.7. The zero-order valence-electron chi connectivity index (χ0n) is 13.9. The van der Waals surface area contributed by atoms with Gasteiger partial charge < -0.3 is 10.2 Å². The number of carbonyl (C=O) groups excluding carboxylic acids is 1. The van der Waals surface area contributed by atoms with Crippen LogP contribution in [0, 0.1) is 21.7 Å². The lowest BCUT2D eigenvalue weighted by atomic mass is 10.1. The van der Waals surface area contributed by atoms with E-state index in [0.29, 0.717) is 5.69 Å². The first-order chi connectivity index (χ1) is 12.5. The number of benzene rings is 2. The van der Waals surface area contributed by atoms with E-state index < -0.39 is 22.5 Å². The number of nitrogens with one attached hydrogen (secondary N) is 1. The SMILES string of the molecule is O=C(NCc1cc(F)ccc1F)c1ccc(N2CCCC2)c([N+](=O)[O-])c1. The van der Waals surface area contributed by atoms with Gasteiger partial charge in [0.1, 0.15) is 17.3 Å². The van der Waals surface area contributed by atoms with E-state index in [1.165, 1.54) is 12.1 Å². The molecule has 136 valence electrons. The van der Waals surface area contributed by atoms with Crippen LogP contribution in [-0.2, 0) is 6.54 Å². The minimum Gasteiger partial charge on any atom is -0.366 e. The van der Waals surface area contributed by atoms with Crippen LogP contribution in [0.5, 0.6) is 0 Å². The lowest BCUT2D eigenvalue weighted by Crippen LogP contribution is -2.24. The van der Waals surface area contributed by atoms with Crippen molar-refractivity contribution in [3.8, 4) is 0 Å². The molecule has 0 saturated carbocycles. The number of nitrogens with zero attached hydrogens (tertiary/aromatic N) is 2. The van der Waals surface area contributed by atoms with Crippen LogP contribution in [0.15, 0.2) is 36.4 Å². The maximum atomic E-state index is 13.6. The molecular weight excluding hydrogens is 344 g/mol. The Labute approximate surface area is 148 Å². The molecule has 2 aromatic rings. The van der Waals surface area contributed by atoms with Crippen molar-refractivity contribution < 1.29 is 18.5 Å². The third kappa shape index (κ3) is 3.79. The van der Waals surface area contributed by atoms with E-state index in [0.717, 1.165) is 44.1 Å². The van der Waals surface area contributed by atoms with Crippen molar-refractivity contribution >= 4 is 17.3 Å². The Bertz CT molecular complexity index is 852. The van der Waals surface area contributed by atoms with Gasteiger partial charge in [-0.15, -0.1) is 0 Å². The minimum absolute atomic E-state index is 0.00142. The fourth-order valence-corrected chi connectivity index (χ4v) is 2.99. The Kier molecular flexibility index (Phi) is 5.11. The number of hydrogen-bond donors (Lipinski definition) is 1. The summed E-state index contributed by atoms with van der Waals surface area (Å²) in [5.74, 6) is -1.84. The molecule has 1 N–H and O–H groups in total. The summed E-state index contributed by atoms with van der Waals surface area (Å²) in [5.41, 5.74) is 0.440. The van der Waals surface area contributed by atoms with Gasteiger partial charge in [-0.2, -0.15) is 0 Å². The predicted molar refractivity (Wildman–Crippen MR) is 92.1 cm³/mol.